The van der Waals surface area contributed by atoms with Gasteiger partial charge in [0.15, 0.2) is 0 Å². The number of hydrogen-bond donors (Lipinski definition) is 2. The summed E-state index contributed by atoms with van der Waals surface area (Å²) in [7, 11) is 1.87. The summed E-state index contributed by atoms with van der Waals surface area (Å²) in [5.41, 5.74) is 0. The van der Waals surface area contributed by atoms with Gasteiger partial charge in [-0.05, 0) is 12.8 Å². The van der Waals surface area contributed by atoms with Gasteiger partial charge < -0.3 is 15.4 Å². The van der Waals surface area contributed by atoms with E-state index in [2.05, 4.69) is 34.4 Å². The van der Waals surface area contributed by atoms with E-state index in [1.54, 1.807) is 0 Å². The molecule has 0 atom stereocenters. The lowest BCUT2D eigenvalue weighted by atomic mass is 10.4. The first-order chi connectivity index (χ1) is 8.80. The Hall–Kier alpha value is -1.36. The summed E-state index contributed by atoms with van der Waals surface area (Å²) >= 11 is 0. The van der Waals surface area contributed by atoms with Crippen LogP contribution in [0.15, 0.2) is 6.07 Å². The van der Waals surface area contributed by atoms with Gasteiger partial charge in [0.2, 0.25) is 0 Å². The number of ether oxygens (including phenoxy) is 1. The van der Waals surface area contributed by atoms with E-state index in [-0.39, 0.29) is 0 Å². The highest BCUT2D eigenvalue weighted by molar-refractivity contribution is 5.47. The molecule has 0 fully saturated rings. The van der Waals surface area contributed by atoms with Gasteiger partial charge in [-0.3, -0.25) is 0 Å². The first-order valence-corrected chi connectivity index (χ1v) is 6.67. The van der Waals surface area contributed by atoms with Gasteiger partial charge in [-0.1, -0.05) is 13.8 Å². The highest BCUT2D eigenvalue weighted by Gasteiger charge is 2.01. The van der Waals surface area contributed by atoms with Gasteiger partial charge in [0.05, 0.1) is 0 Å². The summed E-state index contributed by atoms with van der Waals surface area (Å²) < 4.78 is 5.43. The lowest BCUT2D eigenvalue weighted by molar-refractivity contribution is 0.134. The average molecular weight is 252 g/mol. The lowest BCUT2D eigenvalue weighted by Crippen LogP contribution is -2.09. The molecule has 1 rings (SSSR count). The molecule has 0 aromatic carbocycles. The number of aromatic nitrogens is 2. The Kier molecular flexibility index (Phi) is 7.10. The van der Waals surface area contributed by atoms with Crippen molar-refractivity contribution in [1.82, 2.24) is 9.97 Å². The molecule has 0 aliphatic heterocycles. The van der Waals surface area contributed by atoms with Crippen molar-refractivity contribution < 1.29 is 4.74 Å². The highest BCUT2D eigenvalue weighted by Crippen LogP contribution is 2.11. The summed E-state index contributed by atoms with van der Waals surface area (Å²) in [5.74, 6) is 2.58. The molecule has 5 heteroatoms. The molecule has 1 heterocycles. The maximum atomic E-state index is 5.43. The van der Waals surface area contributed by atoms with E-state index in [9.17, 15) is 0 Å². The SMILES string of the molecule is CCCOCCCNc1cc(NC)nc(CC)n1. The molecule has 2 N–H and O–H groups in total. The van der Waals surface area contributed by atoms with Crippen molar-refractivity contribution in [3.05, 3.63) is 11.9 Å². The minimum atomic E-state index is 0.797. The molecule has 0 saturated carbocycles. The van der Waals surface area contributed by atoms with Gasteiger partial charge in [0.25, 0.3) is 0 Å². The fourth-order valence-corrected chi connectivity index (χ4v) is 1.51. The van der Waals surface area contributed by atoms with E-state index in [1.807, 2.05) is 13.1 Å². The second-order valence-corrected chi connectivity index (χ2v) is 4.05. The van der Waals surface area contributed by atoms with Gasteiger partial charge in [-0.25, -0.2) is 9.97 Å². The van der Waals surface area contributed by atoms with Gasteiger partial charge in [-0.2, -0.15) is 0 Å². The molecule has 102 valence electrons. The molecule has 0 aliphatic carbocycles. The first-order valence-electron chi connectivity index (χ1n) is 6.67. The van der Waals surface area contributed by atoms with Gasteiger partial charge in [0, 0.05) is 39.3 Å². The third-order valence-corrected chi connectivity index (χ3v) is 2.46. The number of aryl methyl sites for hydroxylation is 1. The molecule has 0 spiro atoms. The summed E-state index contributed by atoms with van der Waals surface area (Å²) in [6, 6.07) is 1.92. The smallest absolute Gasteiger partial charge is 0.132 e. The molecule has 0 saturated heterocycles. The predicted octanol–water partition coefficient (Wildman–Crippen LogP) is 2.31. The van der Waals surface area contributed by atoms with Crippen LogP contribution in [-0.4, -0.2) is 36.8 Å². The van der Waals surface area contributed by atoms with Crippen LogP contribution in [-0.2, 0) is 11.2 Å². The summed E-state index contributed by atoms with van der Waals surface area (Å²) in [4.78, 5) is 8.78. The van der Waals surface area contributed by atoms with Crippen LogP contribution in [0.5, 0.6) is 0 Å². The Morgan fingerprint density at radius 1 is 1.17 bits per heavy atom. The highest BCUT2D eigenvalue weighted by atomic mass is 16.5. The normalized spacial score (nSPS) is 10.4. The van der Waals surface area contributed by atoms with Gasteiger partial charge >= 0.3 is 0 Å². The van der Waals surface area contributed by atoms with Crippen LogP contribution in [0.3, 0.4) is 0 Å². The molecular weight excluding hydrogens is 228 g/mol. The van der Waals surface area contributed by atoms with E-state index in [1.165, 1.54) is 0 Å². The zero-order chi connectivity index (χ0) is 13.2. The Morgan fingerprint density at radius 3 is 2.61 bits per heavy atom. The maximum absolute atomic E-state index is 5.43. The van der Waals surface area contributed by atoms with E-state index >= 15 is 0 Å². The van der Waals surface area contributed by atoms with E-state index in [0.717, 1.165) is 56.5 Å². The fourth-order valence-electron chi connectivity index (χ4n) is 1.51. The zero-order valence-corrected chi connectivity index (χ0v) is 11.6. The van der Waals surface area contributed by atoms with Crippen LogP contribution in [0, 0.1) is 0 Å². The molecule has 0 radical (unpaired) electrons. The standard InChI is InChI=1S/C13H24N4O/c1-4-8-18-9-6-7-15-13-10-12(14-3)16-11(5-2)17-13/h10H,4-9H2,1-3H3,(H2,14,15,16,17). The van der Waals surface area contributed by atoms with Crippen molar-refractivity contribution in [3.63, 3.8) is 0 Å². The minimum Gasteiger partial charge on any atom is -0.381 e. The molecule has 0 aliphatic rings. The van der Waals surface area contributed by atoms with Crippen LogP contribution >= 0.6 is 0 Å². The summed E-state index contributed by atoms with van der Waals surface area (Å²) in [6.45, 7) is 6.68. The molecule has 1 aromatic rings. The van der Waals surface area contributed by atoms with Gasteiger partial charge in [-0.15, -0.1) is 0 Å². The average Bonchev–Trinajstić information content (AvgIpc) is 2.42. The van der Waals surface area contributed by atoms with Crippen LogP contribution in [0.2, 0.25) is 0 Å². The topological polar surface area (TPSA) is 59.1 Å². The summed E-state index contributed by atoms with van der Waals surface area (Å²) in [6.07, 6.45) is 2.90. The number of hydrogen-bond acceptors (Lipinski definition) is 5. The largest absolute Gasteiger partial charge is 0.381 e. The zero-order valence-electron chi connectivity index (χ0n) is 11.6. The Morgan fingerprint density at radius 2 is 1.94 bits per heavy atom. The van der Waals surface area contributed by atoms with Crippen molar-refractivity contribution in [3.8, 4) is 0 Å². The minimum absolute atomic E-state index is 0.797. The van der Waals surface area contributed by atoms with Crippen LogP contribution < -0.4 is 10.6 Å². The quantitative estimate of drug-likeness (QED) is 0.660. The second-order valence-electron chi connectivity index (χ2n) is 4.05. The monoisotopic (exact) mass is 252 g/mol. The lowest BCUT2D eigenvalue weighted by Gasteiger charge is -2.09. The van der Waals surface area contributed by atoms with Gasteiger partial charge in [0.1, 0.15) is 17.5 Å². The number of rotatable bonds is 9. The van der Waals surface area contributed by atoms with Crippen molar-refractivity contribution in [1.29, 1.82) is 0 Å². The predicted molar refractivity (Wildman–Crippen MR) is 75.2 cm³/mol. The third kappa shape index (κ3) is 5.31. The number of nitrogens with one attached hydrogen (secondary N) is 2. The van der Waals surface area contributed by atoms with Crippen LogP contribution in [0.25, 0.3) is 0 Å². The third-order valence-electron chi connectivity index (χ3n) is 2.46. The molecule has 0 bridgehead atoms. The Balaban J connectivity index is 2.36. The molecule has 0 amide bonds. The van der Waals surface area contributed by atoms with Crippen molar-refractivity contribution in [2.75, 3.05) is 37.4 Å². The molecule has 0 unspecified atom stereocenters. The van der Waals surface area contributed by atoms with Crippen molar-refractivity contribution in [2.24, 2.45) is 0 Å². The Labute approximate surface area is 109 Å². The van der Waals surface area contributed by atoms with Crippen LogP contribution in [0.4, 0.5) is 11.6 Å². The van der Waals surface area contributed by atoms with E-state index < -0.39 is 0 Å². The first kappa shape index (κ1) is 14.7. The second kappa shape index (κ2) is 8.69. The molecule has 1 aromatic heterocycles. The van der Waals surface area contributed by atoms with E-state index in [0.29, 0.717) is 0 Å². The fraction of sp³-hybridized carbons (Fsp3) is 0.692. The van der Waals surface area contributed by atoms with Crippen molar-refractivity contribution in [2.45, 2.75) is 33.1 Å². The molecule has 18 heavy (non-hydrogen) atoms. The van der Waals surface area contributed by atoms with Crippen molar-refractivity contribution >= 4 is 11.6 Å². The molecular formula is C13H24N4O. The van der Waals surface area contributed by atoms with E-state index in [4.69, 9.17) is 4.74 Å². The van der Waals surface area contributed by atoms with Crippen LogP contribution in [0.1, 0.15) is 32.5 Å². The number of nitrogens with zero attached hydrogens (tertiary/aromatic N) is 2. The summed E-state index contributed by atoms with van der Waals surface area (Å²) in [5, 5.41) is 6.34. The molecule has 5 nitrogen and oxygen atoms in total. The Bertz CT molecular complexity index is 322. The maximum Gasteiger partial charge on any atom is 0.132 e. The number of anilines is 2.